The fourth-order valence-electron chi connectivity index (χ4n) is 2.89. The Hall–Kier alpha value is -3.65. The van der Waals surface area contributed by atoms with Crippen molar-refractivity contribution in [3.63, 3.8) is 0 Å². The first-order valence-electron chi connectivity index (χ1n) is 9.29. The van der Waals surface area contributed by atoms with Gasteiger partial charge in [-0.1, -0.05) is 36.4 Å². The number of nitrogens with one attached hydrogen (secondary N) is 1. The fraction of sp³-hybridized carbons (Fsp3) is 0.167. The second-order valence-corrected chi connectivity index (χ2v) is 6.76. The van der Waals surface area contributed by atoms with Crippen molar-refractivity contribution in [1.82, 2.24) is 5.32 Å². The maximum atomic E-state index is 13.0. The molecule has 0 radical (unpaired) electrons. The number of nitrogens with zero attached hydrogens (tertiary/aromatic N) is 1. The van der Waals surface area contributed by atoms with Gasteiger partial charge in [0.25, 0.3) is 5.91 Å². The number of hydrogen-bond acceptors (Lipinski definition) is 3. The van der Waals surface area contributed by atoms with Gasteiger partial charge in [-0.2, -0.15) is 5.26 Å². The summed E-state index contributed by atoms with van der Waals surface area (Å²) in [5.41, 5.74) is 3.42. The van der Waals surface area contributed by atoms with Crippen LogP contribution in [0.25, 0.3) is 11.1 Å². The summed E-state index contributed by atoms with van der Waals surface area (Å²) in [4.78, 5) is 12.4. The number of halogens is 1. The van der Waals surface area contributed by atoms with Crippen LogP contribution in [0, 0.1) is 17.1 Å². The van der Waals surface area contributed by atoms with Crippen LogP contribution in [0.3, 0.4) is 0 Å². The van der Waals surface area contributed by atoms with Crippen LogP contribution < -0.4 is 10.1 Å². The lowest BCUT2D eigenvalue weighted by Crippen LogP contribution is -2.37. The molecule has 0 saturated carbocycles. The Balaban J connectivity index is 1.59. The SMILES string of the molecule is C[C@H](Oc1ccc(-c2ccc(C#N)cc2)cc1)C(=O)N[C@H](C)c1ccc(F)cc1. The molecule has 3 aromatic carbocycles. The van der Waals surface area contributed by atoms with Crippen molar-refractivity contribution in [1.29, 1.82) is 5.26 Å². The average Bonchev–Trinajstić information content (AvgIpc) is 2.74. The van der Waals surface area contributed by atoms with Crippen molar-refractivity contribution in [2.75, 3.05) is 0 Å². The van der Waals surface area contributed by atoms with E-state index in [2.05, 4.69) is 11.4 Å². The largest absolute Gasteiger partial charge is 0.481 e. The third kappa shape index (κ3) is 5.20. The molecule has 0 saturated heterocycles. The molecule has 0 fully saturated rings. The molecule has 4 nitrogen and oxygen atoms in total. The third-order valence-corrected chi connectivity index (χ3v) is 4.61. The first-order chi connectivity index (χ1) is 14.0. The van der Waals surface area contributed by atoms with Crippen LogP contribution in [0.4, 0.5) is 4.39 Å². The van der Waals surface area contributed by atoms with E-state index >= 15 is 0 Å². The lowest BCUT2D eigenvalue weighted by Gasteiger charge is -2.19. The van der Waals surface area contributed by atoms with Crippen molar-refractivity contribution in [3.05, 3.63) is 89.7 Å². The number of carbonyl (C=O) groups excluding carboxylic acids is 1. The van der Waals surface area contributed by atoms with Crippen LogP contribution in [-0.4, -0.2) is 12.0 Å². The summed E-state index contributed by atoms with van der Waals surface area (Å²) < 4.78 is 18.8. The molecule has 1 amide bonds. The van der Waals surface area contributed by atoms with Gasteiger partial charge in [0.2, 0.25) is 0 Å². The molecule has 0 unspecified atom stereocenters. The van der Waals surface area contributed by atoms with Gasteiger partial charge in [-0.05, 0) is 66.9 Å². The van der Waals surface area contributed by atoms with Gasteiger partial charge in [-0.15, -0.1) is 0 Å². The zero-order valence-corrected chi connectivity index (χ0v) is 16.2. The highest BCUT2D eigenvalue weighted by molar-refractivity contribution is 5.81. The predicted molar refractivity (Wildman–Crippen MR) is 110 cm³/mol. The molecule has 0 heterocycles. The van der Waals surface area contributed by atoms with E-state index < -0.39 is 6.10 Å². The molecule has 146 valence electrons. The summed E-state index contributed by atoms with van der Waals surface area (Å²) in [7, 11) is 0. The number of rotatable bonds is 6. The topological polar surface area (TPSA) is 62.1 Å². The van der Waals surface area contributed by atoms with E-state index in [0.717, 1.165) is 16.7 Å². The number of ether oxygens (including phenoxy) is 1. The van der Waals surface area contributed by atoms with Gasteiger partial charge in [0.15, 0.2) is 6.10 Å². The van der Waals surface area contributed by atoms with E-state index in [0.29, 0.717) is 11.3 Å². The van der Waals surface area contributed by atoms with E-state index in [9.17, 15) is 9.18 Å². The van der Waals surface area contributed by atoms with Gasteiger partial charge < -0.3 is 10.1 Å². The smallest absolute Gasteiger partial charge is 0.261 e. The van der Waals surface area contributed by atoms with Crippen molar-refractivity contribution < 1.29 is 13.9 Å². The summed E-state index contributed by atoms with van der Waals surface area (Å²) >= 11 is 0. The number of hydrogen-bond donors (Lipinski definition) is 1. The van der Waals surface area contributed by atoms with Crippen LogP contribution in [0.2, 0.25) is 0 Å². The van der Waals surface area contributed by atoms with Gasteiger partial charge in [0.05, 0.1) is 17.7 Å². The van der Waals surface area contributed by atoms with Gasteiger partial charge in [-0.3, -0.25) is 4.79 Å². The van der Waals surface area contributed by atoms with Crippen LogP contribution in [0.5, 0.6) is 5.75 Å². The van der Waals surface area contributed by atoms with Crippen molar-refractivity contribution >= 4 is 5.91 Å². The van der Waals surface area contributed by atoms with Crippen molar-refractivity contribution in [2.45, 2.75) is 26.0 Å². The predicted octanol–water partition coefficient (Wildman–Crippen LogP) is 5.01. The Morgan fingerprint density at radius 2 is 1.48 bits per heavy atom. The quantitative estimate of drug-likeness (QED) is 0.646. The maximum Gasteiger partial charge on any atom is 0.261 e. The fourth-order valence-corrected chi connectivity index (χ4v) is 2.89. The minimum absolute atomic E-state index is 0.252. The zero-order chi connectivity index (χ0) is 20.8. The second kappa shape index (κ2) is 9.03. The van der Waals surface area contributed by atoms with Gasteiger partial charge in [-0.25, -0.2) is 4.39 Å². The van der Waals surface area contributed by atoms with E-state index in [1.165, 1.54) is 12.1 Å². The maximum absolute atomic E-state index is 13.0. The summed E-state index contributed by atoms with van der Waals surface area (Å²) in [6, 6.07) is 22.6. The van der Waals surface area contributed by atoms with Gasteiger partial charge >= 0.3 is 0 Å². The summed E-state index contributed by atoms with van der Waals surface area (Å²) in [6.07, 6.45) is -0.682. The second-order valence-electron chi connectivity index (χ2n) is 6.76. The lowest BCUT2D eigenvalue weighted by molar-refractivity contribution is -0.127. The van der Waals surface area contributed by atoms with E-state index in [1.54, 1.807) is 43.3 Å². The molecule has 0 spiro atoms. The Bertz CT molecular complexity index is 1010. The monoisotopic (exact) mass is 388 g/mol. The number of benzene rings is 3. The molecule has 3 rings (SSSR count). The molecule has 2 atom stereocenters. The number of carbonyl (C=O) groups is 1. The van der Waals surface area contributed by atoms with Crippen LogP contribution in [0.15, 0.2) is 72.8 Å². The van der Waals surface area contributed by atoms with E-state index in [1.807, 2.05) is 31.2 Å². The Morgan fingerprint density at radius 3 is 2.03 bits per heavy atom. The highest BCUT2D eigenvalue weighted by Crippen LogP contribution is 2.23. The first-order valence-corrected chi connectivity index (χ1v) is 9.29. The van der Waals surface area contributed by atoms with E-state index in [-0.39, 0.29) is 17.8 Å². The molecule has 0 aliphatic carbocycles. The zero-order valence-electron chi connectivity index (χ0n) is 16.2. The summed E-state index contributed by atoms with van der Waals surface area (Å²) in [5, 5.41) is 11.8. The summed E-state index contributed by atoms with van der Waals surface area (Å²) in [5.74, 6) is 0.0194. The molecular formula is C24H21FN2O2. The molecule has 0 aliphatic rings. The van der Waals surface area contributed by atoms with Crippen LogP contribution >= 0.6 is 0 Å². The minimum atomic E-state index is -0.682. The number of amides is 1. The van der Waals surface area contributed by atoms with Gasteiger partial charge in [0.1, 0.15) is 11.6 Å². The Kier molecular flexibility index (Phi) is 6.25. The van der Waals surface area contributed by atoms with Crippen molar-refractivity contribution in [2.24, 2.45) is 0 Å². The van der Waals surface area contributed by atoms with Gasteiger partial charge in [0, 0.05) is 0 Å². The Labute approximate surface area is 169 Å². The molecule has 29 heavy (non-hydrogen) atoms. The standard InChI is InChI=1S/C24H21FN2O2/c1-16(19-7-11-22(25)12-8-19)27-24(28)17(2)29-23-13-9-21(10-14-23)20-5-3-18(15-26)4-6-20/h3-14,16-17H,1-2H3,(H,27,28)/t16-,17+/m1/s1. The molecule has 0 aliphatic heterocycles. The average molecular weight is 388 g/mol. The van der Waals surface area contributed by atoms with Crippen molar-refractivity contribution in [3.8, 4) is 22.9 Å². The third-order valence-electron chi connectivity index (χ3n) is 4.61. The molecule has 1 N–H and O–H groups in total. The first kappa shape index (κ1) is 20.1. The highest BCUT2D eigenvalue weighted by Gasteiger charge is 2.18. The lowest BCUT2D eigenvalue weighted by atomic mass is 10.0. The molecule has 0 aromatic heterocycles. The van der Waals surface area contributed by atoms with E-state index in [4.69, 9.17) is 10.00 Å². The number of nitriles is 1. The minimum Gasteiger partial charge on any atom is -0.481 e. The molecular weight excluding hydrogens is 367 g/mol. The highest BCUT2D eigenvalue weighted by atomic mass is 19.1. The normalized spacial score (nSPS) is 12.5. The summed E-state index contributed by atoms with van der Waals surface area (Å²) in [6.45, 7) is 3.52. The Morgan fingerprint density at radius 1 is 0.931 bits per heavy atom. The molecule has 3 aromatic rings. The van der Waals surface area contributed by atoms with Crippen LogP contribution in [0.1, 0.15) is 31.0 Å². The molecule has 5 heteroatoms. The van der Waals surface area contributed by atoms with Crippen LogP contribution in [-0.2, 0) is 4.79 Å². The molecule has 0 bridgehead atoms.